The number of halogens is 2. The van der Waals surface area contributed by atoms with E-state index in [0.717, 1.165) is 0 Å². The van der Waals surface area contributed by atoms with E-state index in [2.05, 4.69) is 5.32 Å². The van der Waals surface area contributed by atoms with Crippen LogP contribution in [0.5, 0.6) is 5.75 Å². The Morgan fingerprint density at radius 3 is 2.89 bits per heavy atom. The number of rotatable bonds is 7. The minimum atomic E-state index is -0.386. The summed E-state index contributed by atoms with van der Waals surface area (Å²) >= 11 is 11.7. The van der Waals surface area contributed by atoms with Gasteiger partial charge in [-0.25, -0.2) is 0 Å². The molecule has 0 aromatic heterocycles. The topological polar surface area (TPSA) is 58.6 Å². The predicted octanol–water partition coefficient (Wildman–Crippen LogP) is 2.65. The second-order valence-corrected chi connectivity index (χ2v) is 4.91. The first-order chi connectivity index (χ1) is 9.02. The van der Waals surface area contributed by atoms with Crippen molar-refractivity contribution in [1.82, 2.24) is 5.32 Å². The quantitative estimate of drug-likeness (QED) is 0.814. The Kier molecular flexibility index (Phi) is 6.99. The number of hydrogen-bond donors (Lipinski definition) is 2. The van der Waals surface area contributed by atoms with Crippen molar-refractivity contribution in [1.29, 1.82) is 0 Å². The van der Waals surface area contributed by atoms with E-state index >= 15 is 0 Å². The van der Waals surface area contributed by atoms with E-state index in [1.807, 2.05) is 6.92 Å². The molecule has 19 heavy (non-hydrogen) atoms. The van der Waals surface area contributed by atoms with Crippen molar-refractivity contribution in [3.8, 4) is 5.75 Å². The van der Waals surface area contributed by atoms with Crippen LogP contribution in [-0.2, 0) is 4.79 Å². The molecule has 0 spiro atoms. The highest BCUT2D eigenvalue weighted by Gasteiger charge is 2.07. The minimum Gasteiger partial charge on any atom is -0.482 e. The standard InChI is InChI=1S/C13H17Cl2NO3/c1-2-10(17)5-6-16-13(18)8-19-12-7-9(14)3-4-11(12)15/h3-4,7,10,17H,2,5-6,8H2,1H3,(H,16,18). The van der Waals surface area contributed by atoms with Gasteiger partial charge >= 0.3 is 0 Å². The summed E-state index contributed by atoms with van der Waals surface area (Å²) in [5.74, 6) is 0.109. The molecule has 6 heteroatoms. The van der Waals surface area contributed by atoms with Crippen LogP contribution in [0, 0.1) is 0 Å². The van der Waals surface area contributed by atoms with Crippen LogP contribution in [0.2, 0.25) is 10.0 Å². The van der Waals surface area contributed by atoms with Gasteiger partial charge in [0, 0.05) is 17.6 Å². The second kappa shape index (κ2) is 8.25. The van der Waals surface area contributed by atoms with Gasteiger partial charge in [0.2, 0.25) is 0 Å². The van der Waals surface area contributed by atoms with Crippen molar-refractivity contribution >= 4 is 29.1 Å². The minimum absolute atomic E-state index is 0.137. The Labute approximate surface area is 122 Å². The molecule has 0 saturated carbocycles. The molecule has 0 heterocycles. The molecule has 106 valence electrons. The van der Waals surface area contributed by atoms with Crippen LogP contribution in [0.25, 0.3) is 0 Å². The molecule has 0 saturated heterocycles. The number of carbonyl (C=O) groups is 1. The summed E-state index contributed by atoms with van der Waals surface area (Å²) in [5, 5.41) is 12.9. The highest BCUT2D eigenvalue weighted by atomic mass is 35.5. The van der Waals surface area contributed by atoms with E-state index in [0.29, 0.717) is 35.2 Å². The summed E-state index contributed by atoms with van der Waals surface area (Å²) in [7, 11) is 0. The third-order valence-corrected chi connectivity index (χ3v) is 3.07. The molecule has 1 atom stereocenters. The van der Waals surface area contributed by atoms with Gasteiger partial charge < -0.3 is 15.2 Å². The molecule has 2 N–H and O–H groups in total. The van der Waals surface area contributed by atoms with Crippen molar-refractivity contribution < 1.29 is 14.6 Å². The zero-order valence-corrected chi connectivity index (χ0v) is 12.2. The number of aliphatic hydroxyl groups excluding tert-OH is 1. The summed E-state index contributed by atoms with van der Waals surface area (Å²) in [6.45, 7) is 2.17. The van der Waals surface area contributed by atoms with Crippen molar-refractivity contribution in [2.45, 2.75) is 25.9 Å². The van der Waals surface area contributed by atoms with Crippen LogP contribution in [0.3, 0.4) is 0 Å². The molecule has 0 bridgehead atoms. The lowest BCUT2D eigenvalue weighted by Gasteiger charge is -2.10. The van der Waals surface area contributed by atoms with Crippen LogP contribution < -0.4 is 10.1 Å². The lowest BCUT2D eigenvalue weighted by atomic mass is 10.2. The fourth-order valence-electron chi connectivity index (χ4n) is 1.36. The van der Waals surface area contributed by atoms with Gasteiger partial charge in [0.1, 0.15) is 5.75 Å². The molecule has 1 aromatic rings. The molecule has 0 radical (unpaired) electrons. The summed E-state index contributed by atoms with van der Waals surface area (Å²) in [4.78, 5) is 11.5. The van der Waals surface area contributed by atoms with Gasteiger partial charge in [0.05, 0.1) is 11.1 Å². The predicted molar refractivity (Wildman–Crippen MR) is 75.9 cm³/mol. The number of carbonyl (C=O) groups excluding carboxylic acids is 1. The smallest absolute Gasteiger partial charge is 0.257 e. The number of benzene rings is 1. The Bertz CT molecular complexity index is 426. The van der Waals surface area contributed by atoms with Gasteiger partial charge in [-0.05, 0) is 25.0 Å². The van der Waals surface area contributed by atoms with Crippen molar-refractivity contribution in [2.75, 3.05) is 13.2 Å². The van der Waals surface area contributed by atoms with Crippen molar-refractivity contribution in [3.63, 3.8) is 0 Å². The van der Waals surface area contributed by atoms with E-state index in [1.54, 1.807) is 18.2 Å². The number of hydrogen-bond acceptors (Lipinski definition) is 3. The normalized spacial score (nSPS) is 12.0. The van der Waals surface area contributed by atoms with Crippen LogP contribution in [0.4, 0.5) is 0 Å². The van der Waals surface area contributed by atoms with Gasteiger partial charge in [-0.1, -0.05) is 30.1 Å². The maximum absolute atomic E-state index is 11.5. The van der Waals surface area contributed by atoms with E-state index in [1.165, 1.54) is 0 Å². The maximum atomic E-state index is 11.5. The van der Waals surface area contributed by atoms with Crippen LogP contribution in [-0.4, -0.2) is 30.3 Å². The molecule has 1 rings (SSSR count). The monoisotopic (exact) mass is 305 g/mol. The second-order valence-electron chi connectivity index (χ2n) is 4.06. The highest BCUT2D eigenvalue weighted by molar-refractivity contribution is 6.34. The number of nitrogens with one attached hydrogen (secondary N) is 1. The van der Waals surface area contributed by atoms with Gasteiger partial charge in [0.25, 0.3) is 5.91 Å². The molecule has 1 amide bonds. The first kappa shape index (κ1) is 16.1. The van der Waals surface area contributed by atoms with Crippen LogP contribution >= 0.6 is 23.2 Å². The molecular formula is C13H17Cl2NO3. The van der Waals surface area contributed by atoms with Crippen LogP contribution in [0.1, 0.15) is 19.8 Å². The summed E-state index contributed by atoms with van der Waals surface area (Å²) < 4.78 is 5.27. The average molecular weight is 306 g/mol. The number of aliphatic hydroxyl groups is 1. The first-order valence-corrected chi connectivity index (χ1v) is 6.81. The number of ether oxygens (including phenoxy) is 1. The summed E-state index contributed by atoms with van der Waals surface area (Å²) in [5.41, 5.74) is 0. The third-order valence-electron chi connectivity index (χ3n) is 2.52. The zero-order valence-electron chi connectivity index (χ0n) is 10.7. The molecule has 4 nitrogen and oxygen atoms in total. The number of amides is 1. The highest BCUT2D eigenvalue weighted by Crippen LogP contribution is 2.27. The molecule has 1 unspecified atom stereocenters. The molecular weight excluding hydrogens is 289 g/mol. The van der Waals surface area contributed by atoms with Gasteiger partial charge in [-0.2, -0.15) is 0 Å². The lowest BCUT2D eigenvalue weighted by molar-refractivity contribution is -0.123. The molecule has 0 aliphatic heterocycles. The van der Waals surface area contributed by atoms with Crippen molar-refractivity contribution in [2.24, 2.45) is 0 Å². The summed E-state index contributed by atoms with van der Waals surface area (Å²) in [6, 6.07) is 4.80. The van der Waals surface area contributed by atoms with E-state index < -0.39 is 0 Å². The average Bonchev–Trinajstić information content (AvgIpc) is 2.39. The Balaban J connectivity index is 2.32. The SMILES string of the molecule is CCC(O)CCNC(=O)COc1cc(Cl)ccc1Cl. The van der Waals surface area contributed by atoms with Gasteiger partial charge in [-0.15, -0.1) is 0 Å². The molecule has 0 fully saturated rings. The van der Waals surface area contributed by atoms with E-state index in [-0.39, 0.29) is 18.6 Å². The fraction of sp³-hybridized carbons (Fsp3) is 0.462. The van der Waals surface area contributed by atoms with Crippen molar-refractivity contribution in [3.05, 3.63) is 28.2 Å². The first-order valence-electron chi connectivity index (χ1n) is 6.05. The largest absolute Gasteiger partial charge is 0.482 e. The Morgan fingerprint density at radius 2 is 2.21 bits per heavy atom. The molecule has 0 aliphatic carbocycles. The molecule has 0 aliphatic rings. The fourth-order valence-corrected chi connectivity index (χ4v) is 1.70. The Morgan fingerprint density at radius 1 is 1.47 bits per heavy atom. The maximum Gasteiger partial charge on any atom is 0.257 e. The van der Waals surface area contributed by atoms with E-state index in [9.17, 15) is 9.90 Å². The summed E-state index contributed by atoms with van der Waals surface area (Å²) in [6.07, 6.45) is 0.813. The lowest BCUT2D eigenvalue weighted by Crippen LogP contribution is -2.31. The van der Waals surface area contributed by atoms with E-state index in [4.69, 9.17) is 27.9 Å². The van der Waals surface area contributed by atoms with Gasteiger partial charge in [-0.3, -0.25) is 4.79 Å². The van der Waals surface area contributed by atoms with Gasteiger partial charge in [0.15, 0.2) is 6.61 Å². The molecule has 1 aromatic carbocycles. The third kappa shape index (κ3) is 6.14. The Hall–Kier alpha value is -0.970. The zero-order chi connectivity index (χ0) is 14.3. The van der Waals surface area contributed by atoms with Crippen LogP contribution in [0.15, 0.2) is 18.2 Å².